The molecule has 0 aliphatic carbocycles. The quantitative estimate of drug-likeness (QED) is 0.599. The molecule has 0 amide bonds. The van der Waals surface area contributed by atoms with Crippen molar-refractivity contribution in [1.29, 1.82) is 0 Å². The standard InChI is InChI=1S/C19H17F3N4O3/c1-4-29-17(27)14-10-23-26(11(14)2)18-24-15(9-16(25-18)19(20,21)22)12-6-5-7-13(8-12)28-3/h5-10H,4H2,1-3H3. The van der Waals surface area contributed by atoms with Crippen molar-refractivity contribution in [3.8, 4) is 23.0 Å². The first-order valence-electron chi connectivity index (χ1n) is 8.57. The van der Waals surface area contributed by atoms with Gasteiger partial charge in [-0.15, -0.1) is 0 Å². The number of hydrogen-bond donors (Lipinski definition) is 0. The van der Waals surface area contributed by atoms with Gasteiger partial charge in [0, 0.05) is 5.56 Å². The van der Waals surface area contributed by atoms with Crippen LogP contribution in [0.1, 0.15) is 28.7 Å². The summed E-state index contributed by atoms with van der Waals surface area (Å²) >= 11 is 0. The molecule has 0 aliphatic heterocycles. The van der Waals surface area contributed by atoms with E-state index < -0.39 is 17.8 Å². The second-order valence-electron chi connectivity index (χ2n) is 5.94. The van der Waals surface area contributed by atoms with Crippen LogP contribution in [0.15, 0.2) is 36.5 Å². The zero-order valence-corrected chi connectivity index (χ0v) is 15.8. The summed E-state index contributed by atoms with van der Waals surface area (Å²) in [7, 11) is 1.45. The lowest BCUT2D eigenvalue weighted by Crippen LogP contribution is -2.14. The van der Waals surface area contributed by atoms with Gasteiger partial charge in [-0.2, -0.15) is 18.3 Å². The van der Waals surface area contributed by atoms with E-state index in [1.54, 1.807) is 31.2 Å². The molecule has 1 aromatic carbocycles. The smallest absolute Gasteiger partial charge is 0.433 e. The van der Waals surface area contributed by atoms with E-state index in [1.807, 2.05) is 0 Å². The van der Waals surface area contributed by atoms with Crippen LogP contribution in [-0.4, -0.2) is 39.4 Å². The second-order valence-corrected chi connectivity index (χ2v) is 5.94. The number of benzene rings is 1. The van der Waals surface area contributed by atoms with Crippen LogP contribution in [0.2, 0.25) is 0 Å². The van der Waals surface area contributed by atoms with Crippen LogP contribution < -0.4 is 4.74 Å². The molecule has 2 aromatic heterocycles. The molecule has 10 heteroatoms. The molecular formula is C19H17F3N4O3. The summed E-state index contributed by atoms with van der Waals surface area (Å²) in [6, 6.07) is 7.32. The topological polar surface area (TPSA) is 79.1 Å². The van der Waals surface area contributed by atoms with Crippen molar-refractivity contribution in [2.24, 2.45) is 0 Å². The van der Waals surface area contributed by atoms with E-state index in [0.29, 0.717) is 11.3 Å². The number of nitrogens with zero attached hydrogens (tertiary/aromatic N) is 4. The molecule has 0 radical (unpaired) electrons. The number of rotatable bonds is 5. The molecule has 0 fully saturated rings. The molecular weight excluding hydrogens is 389 g/mol. The van der Waals surface area contributed by atoms with E-state index in [1.165, 1.54) is 20.2 Å². The van der Waals surface area contributed by atoms with E-state index >= 15 is 0 Å². The predicted octanol–water partition coefficient (Wildman–Crippen LogP) is 3.84. The Morgan fingerprint density at radius 3 is 2.62 bits per heavy atom. The van der Waals surface area contributed by atoms with Gasteiger partial charge in [0.15, 0.2) is 5.69 Å². The molecule has 0 saturated carbocycles. The molecule has 0 atom stereocenters. The third-order valence-electron chi connectivity index (χ3n) is 4.06. The van der Waals surface area contributed by atoms with Gasteiger partial charge in [-0.1, -0.05) is 12.1 Å². The summed E-state index contributed by atoms with van der Waals surface area (Å²) in [5.41, 5.74) is -0.300. The van der Waals surface area contributed by atoms with Gasteiger partial charge >= 0.3 is 12.1 Å². The summed E-state index contributed by atoms with van der Waals surface area (Å²) in [6.07, 6.45) is -3.49. The molecule has 0 unspecified atom stereocenters. The molecule has 3 aromatic rings. The van der Waals surface area contributed by atoms with Crippen LogP contribution in [-0.2, 0) is 10.9 Å². The minimum Gasteiger partial charge on any atom is -0.497 e. The first-order chi connectivity index (χ1) is 13.7. The van der Waals surface area contributed by atoms with E-state index in [-0.39, 0.29) is 29.5 Å². The van der Waals surface area contributed by atoms with E-state index in [0.717, 1.165) is 10.7 Å². The van der Waals surface area contributed by atoms with Crippen LogP contribution in [0, 0.1) is 6.92 Å². The van der Waals surface area contributed by atoms with Crippen LogP contribution in [0.25, 0.3) is 17.2 Å². The first kappa shape index (κ1) is 20.3. The maximum atomic E-state index is 13.4. The first-order valence-corrected chi connectivity index (χ1v) is 8.57. The number of hydrogen-bond acceptors (Lipinski definition) is 6. The van der Waals surface area contributed by atoms with Gasteiger partial charge in [0.1, 0.15) is 11.3 Å². The predicted molar refractivity (Wildman–Crippen MR) is 96.8 cm³/mol. The molecule has 7 nitrogen and oxygen atoms in total. The summed E-state index contributed by atoms with van der Waals surface area (Å²) in [4.78, 5) is 19.8. The number of carbonyl (C=O) groups excluding carboxylic acids is 1. The lowest BCUT2D eigenvalue weighted by atomic mass is 10.1. The Bertz CT molecular complexity index is 1050. The third kappa shape index (κ3) is 4.20. The largest absolute Gasteiger partial charge is 0.497 e. The maximum Gasteiger partial charge on any atom is 0.433 e. The summed E-state index contributed by atoms with van der Waals surface area (Å²) in [6.45, 7) is 3.32. The van der Waals surface area contributed by atoms with E-state index in [4.69, 9.17) is 9.47 Å². The van der Waals surface area contributed by atoms with Crippen molar-refractivity contribution in [1.82, 2.24) is 19.7 Å². The minimum atomic E-state index is -4.70. The van der Waals surface area contributed by atoms with E-state index in [9.17, 15) is 18.0 Å². The average molecular weight is 406 g/mol. The van der Waals surface area contributed by atoms with Crippen molar-refractivity contribution in [2.45, 2.75) is 20.0 Å². The fraction of sp³-hybridized carbons (Fsp3) is 0.263. The van der Waals surface area contributed by atoms with Crippen LogP contribution in [0.3, 0.4) is 0 Å². The van der Waals surface area contributed by atoms with Crippen LogP contribution in [0.5, 0.6) is 5.75 Å². The van der Waals surface area contributed by atoms with Gasteiger partial charge in [-0.05, 0) is 32.0 Å². The Labute approximate surface area is 164 Å². The van der Waals surface area contributed by atoms with Crippen LogP contribution >= 0.6 is 0 Å². The number of halogens is 3. The molecule has 0 aliphatic rings. The van der Waals surface area contributed by atoms with Gasteiger partial charge in [0.2, 0.25) is 0 Å². The highest BCUT2D eigenvalue weighted by Gasteiger charge is 2.34. The van der Waals surface area contributed by atoms with Crippen molar-refractivity contribution in [3.63, 3.8) is 0 Å². The van der Waals surface area contributed by atoms with Crippen molar-refractivity contribution >= 4 is 5.97 Å². The SMILES string of the molecule is CCOC(=O)c1cnn(-c2nc(-c3cccc(OC)c3)cc(C(F)(F)F)n2)c1C. The van der Waals surface area contributed by atoms with Crippen LogP contribution in [0.4, 0.5) is 13.2 Å². The summed E-state index contributed by atoms with van der Waals surface area (Å²) in [5.74, 6) is -0.474. The number of aromatic nitrogens is 4. The molecule has 152 valence electrons. The fourth-order valence-corrected chi connectivity index (χ4v) is 2.63. The molecule has 0 saturated heterocycles. The zero-order valence-electron chi connectivity index (χ0n) is 15.8. The molecule has 2 heterocycles. The summed E-state index contributed by atoms with van der Waals surface area (Å²) < 4.78 is 51.4. The number of ether oxygens (including phenoxy) is 2. The molecule has 0 bridgehead atoms. The minimum absolute atomic E-state index is 0.0359. The lowest BCUT2D eigenvalue weighted by Gasteiger charge is -2.12. The van der Waals surface area contributed by atoms with Gasteiger partial charge < -0.3 is 9.47 Å². The number of methoxy groups -OCH3 is 1. The number of alkyl halides is 3. The van der Waals surface area contributed by atoms with E-state index in [2.05, 4.69) is 15.1 Å². The Morgan fingerprint density at radius 1 is 1.21 bits per heavy atom. The monoisotopic (exact) mass is 406 g/mol. The van der Waals surface area contributed by atoms with Crippen molar-refractivity contribution < 1.29 is 27.4 Å². The molecule has 0 N–H and O–H groups in total. The Kier molecular flexibility index (Phi) is 5.53. The number of esters is 1. The van der Waals surface area contributed by atoms with Gasteiger partial charge in [0.25, 0.3) is 5.95 Å². The van der Waals surface area contributed by atoms with Gasteiger partial charge in [-0.3, -0.25) is 0 Å². The highest BCUT2D eigenvalue weighted by atomic mass is 19.4. The normalized spacial score (nSPS) is 11.4. The van der Waals surface area contributed by atoms with Gasteiger partial charge in [0.05, 0.1) is 31.3 Å². The maximum absolute atomic E-state index is 13.4. The molecule has 29 heavy (non-hydrogen) atoms. The fourth-order valence-electron chi connectivity index (χ4n) is 2.63. The molecule has 3 rings (SSSR count). The third-order valence-corrected chi connectivity index (χ3v) is 4.06. The molecule has 0 spiro atoms. The Hall–Kier alpha value is -3.43. The second kappa shape index (κ2) is 7.90. The summed E-state index contributed by atoms with van der Waals surface area (Å²) in [5, 5.41) is 3.98. The van der Waals surface area contributed by atoms with Crippen molar-refractivity contribution in [2.75, 3.05) is 13.7 Å². The highest BCUT2D eigenvalue weighted by molar-refractivity contribution is 5.90. The highest BCUT2D eigenvalue weighted by Crippen LogP contribution is 2.32. The number of carbonyl (C=O) groups is 1. The van der Waals surface area contributed by atoms with Gasteiger partial charge in [-0.25, -0.2) is 19.4 Å². The average Bonchev–Trinajstić information content (AvgIpc) is 3.08. The zero-order chi connectivity index (χ0) is 21.2. The van der Waals surface area contributed by atoms with Crippen molar-refractivity contribution in [3.05, 3.63) is 53.5 Å². The Morgan fingerprint density at radius 2 is 1.97 bits per heavy atom. The Balaban J connectivity index is 2.16. The lowest BCUT2D eigenvalue weighted by molar-refractivity contribution is -0.141.